The summed E-state index contributed by atoms with van der Waals surface area (Å²) in [4.78, 5) is 27.7. The molecule has 3 heterocycles. The number of amides is 1. The topological polar surface area (TPSA) is 115 Å². The van der Waals surface area contributed by atoms with Gasteiger partial charge in [-0.15, -0.1) is 0 Å². The fourth-order valence-corrected chi connectivity index (χ4v) is 8.22. The molecule has 0 saturated carbocycles. The summed E-state index contributed by atoms with van der Waals surface area (Å²) in [5.41, 5.74) is 0.242. The first-order valence-electron chi connectivity index (χ1n) is 10.8. The van der Waals surface area contributed by atoms with Crippen LogP contribution in [0.25, 0.3) is 0 Å². The second-order valence-corrected chi connectivity index (χ2v) is 12.8. The maximum absolute atomic E-state index is 13.6. The molecule has 174 valence electrons. The monoisotopic (exact) mass is 489 g/mol. The van der Waals surface area contributed by atoms with Crippen molar-refractivity contribution in [2.75, 3.05) is 24.7 Å². The molecule has 2 atom stereocenters. The molecule has 5 rings (SSSR count). The van der Waals surface area contributed by atoms with Crippen molar-refractivity contribution in [2.45, 2.75) is 41.2 Å². The normalized spacial score (nSPS) is 24.8. The first-order valence-corrected chi connectivity index (χ1v) is 14.1. The Balaban J connectivity index is 1.53. The lowest BCUT2D eigenvalue weighted by Crippen LogP contribution is -2.45. The maximum Gasteiger partial charge on any atom is 0.254 e. The first kappa shape index (κ1) is 22.2. The molecule has 0 aromatic heterocycles. The van der Waals surface area contributed by atoms with Gasteiger partial charge in [0.2, 0.25) is 9.84 Å². The minimum absolute atomic E-state index is 0.0107. The number of fused-ring (bicyclic) bond motifs is 2. The number of hydrogen-bond acceptors (Lipinski definition) is 7. The average Bonchev–Trinajstić information content (AvgIpc) is 3.44. The number of benzene rings is 2. The molecule has 2 aromatic rings. The summed E-state index contributed by atoms with van der Waals surface area (Å²) in [6.07, 6.45) is 1.78. The highest BCUT2D eigenvalue weighted by atomic mass is 32.2. The van der Waals surface area contributed by atoms with E-state index in [4.69, 9.17) is 4.74 Å². The lowest BCUT2D eigenvalue weighted by atomic mass is 10.0. The van der Waals surface area contributed by atoms with Crippen LogP contribution in [0.1, 0.15) is 45.5 Å². The van der Waals surface area contributed by atoms with Crippen LogP contribution in [0.3, 0.4) is 0 Å². The Morgan fingerprint density at radius 1 is 1.00 bits per heavy atom. The predicted octanol–water partition coefficient (Wildman–Crippen LogP) is 1.87. The van der Waals surface area contributed by atoms with Crippen LogP contribution in [0.5, 0.6) is 0 Å². The van der Waals surface area contributed by atoms with Gasteiger partial charge in [-0.1, -0.05) is 12.1 Å². The van der Waals surface area contributed by atoms with E-state index in [9.17, 15) is 26.4 Å². The van der Waals surface area contributed by atoms with Gasteiger partial charge in [-0.25, -0.2) is 16.8 Å². The van der Waals surface area contributed by atoms with Crippen molar-refractivity contribution in [1.29, 1.82) is 0 Å². The maximum atomic E-state index is 13.6. The van der Waals surface area contributed by atoms with Gasteiger partial charge in [-0.3, -0.25) is 9.59 Å². The molecular weight excluding hydrogens is 466 g/mol. The number of ketones is 1. The van der Waals surface area contributed by atoms with Crippen molar-refractivity contribution in [3.63, 3.8) is 0 Å². The molecule has 2 aromatic carbocycles. The van der Waals surface area contributed by atoms with Gasteiger partial charge in [0.05, 0.1) is 27.4 Å². The summed E-state index contributed by atoms with van der Waals surface area (Å²) in [6, 6.07) is 9.56. The largest absolute Gasteiger partial charge is 0.376 e. The number of sulfone groups is 2. The minimum atomic E-state index is -3.99. The Bertz CT molecular complexity index is 1360. The number of carbonyl (C=O) groups is 2. The van der Waals surface area contributed by atoms with E-state index in [0.29, 0.717) is 13.0 Å². The second-order valence-electron chi connectivity index (χ2n) is 8.69. The van der Waals surface area contributed by atoms with Gasteiger partial charge in [-0.2, -0.15) is 0 Å². The predicted molar refractivity (Wildman–Crippen MR) is 119 cm³/mol. The van der Waals surface area contributed by atoms with Crippen LogP contribution in [0.15, 0.2) is 52.3 Å². The fraction of sp³-hybridized carbons (Fsp3) is 0.391. The molecule has 3 aliphatic rings. The highest BCUT2D eigenvalue weighted by Gasteiger charge is 2.39. The van der Waals surface area contributed by atoms with Crippen LogP contribution in [-0.2, 0) is 24.4 Å². The van der Waals surface area contributed by atoms with E-state index < -0.39 is 37.4 Å². The molecule has 1 amide bonds. The Hall–Kier alpha value is -2.56. The molecule has 10 heteroatoms. The summed E-state index contributed by atoms with van der Waals surface area (Å²) < 4.78 is 56.3. The lowest BCUT2D eigenvalue weighted by molar-refractivity contribution is 0.0441. The van der Waals surface area contributed by atoms with Crippen LogP contribution in [0.2, 0.25) is 0 Å². The zero-order valence-electron chi connectivity index (χ0n) is 17.8. The lowest BCUT2D eigenvalue weighted by Gasteiger charge is -2.31. The van der Waals surface area contributed by atoms with Gasteiger partial charge >= 0.3 is 0 Å². The summed E-state index contributed by atoms with van der Waals surface area (Å²) in [5, 5.41) is 0. The Kier molecular flexibility index (Phi) is 5.42. The number of rotatable bonds is 4. The van der Waals surface area contributed by atoms with Crippen molar-refractivity contribution in [3.05, 3.63) is 59.2 Å². The van der Waals surface area contributed by atoms with Crippen molar-refractivity contribution in [1.82, 2.24) is 4.90 Å². The van der Waals surface area contributed by atoms with Crippen molar-refractivity contribution < 1.29 is 31.2 Å². The van der Waals surface area contributed by atoms with E-state index in [1.807, 2.05) is 0 Å². The highest BCUT2D eigenvalue weighted by Crippen LogP contribution is 2.35. The van der Waals surface area contributed by atoms with Gasteiger partial charge in [0, 0.05) is 35.9 Å². The van der Waals surface area contributed by atoms with Gasteiger partial charge in [-0.05, 0) is 49.6 Å². The van der Waals surface area contributed by atoms with E-state index in [0.717, 1.165) is 12.8 Å². The molecule has 3 aliphatic heterocycles. The van der Waals surface area contributed by atoms with Crippen LogP contribution in [0.4, 0.5) is 0 Å². The molecule has 2 saturated heterocycles. The zero-order valence-corrected chi connectivity index (χ0v) is 19.4. The van der Waals surface area contributed by atoms with Crippen LogP contribution in [0, 0.1) is 0 Å². The summed E-state index contributed by atoms with van der Waals surface area (Å²) in [7, 11) is -7.23. The van der Waals surface area contributed by atoms with E-state index in [1.165, 1.54) is 35.2 Å². The van der Waals surface area contributed by atoms with E-state index in [-0.39, 0.29) is 50.6 Å². The van der Waals surface area contributed by atoms with Gasteiger partial charge < -0.3 is 9.64 Å². The minimum Gasteiger partial charge on any atom is -0.376 e. The van der Waals surface area contributed by atoms with Crippen molar-refractivity contribution in [2.24, 2.45) is 0 Å². The molecule has 0 bridgehead atoms. The number of carbonyl (C=O) groups excluding carboxylic acids is 2. The molecule has 33 heavy (non-hydrogen) atoms. The Morgan fingerprint density at radius 2 is 1.76 bits per heavy atom. The third-order valence-electron chi connectivity index (χ3n) is 6.52. The second kappa shape index (κ2) is 8.03. The van der Waals surface area contributed by atoms with E-state index in [1.54, 1.807) is 12.1 Å². The molecule has 0 unspecified atom stereocenters. The summed E-state index contributed by atoms with van der Waals surface area (Å²) in [6.45, 7) is 0.832. The van der Waals surface area contributed by atoms with Crippen molar-refractivity contribution in [3.8, 4) is 0 Å². The van der Waals surface area contributed by atoms with Crippen molar-refractivity contribution >= 4 is 31.4 Å². The summed E-state index contributed by atoms with van der Waals surface area (Å²) in [5.74, 6) is -0.985. The number of hydrogen-bond donors (Lipinski definition) is 0. The number of ether oxygens (including phenoxy) is 1. The quantitative estimate of drug-likeness (QED) is 0.549. The van der Waals surface area contributed by atoms with Crippen LogP contribution in [-0.4, -0.2) is 70.2 Å². The third-order valence-corrected chi connectivity index (χ3v) is 10.1. The van der Waals surface area contributed by atoms with Crippen LogP contribution >= 0.6 is 0 Å². The molecular formula is C23H23NO7S2. The highest BCUT2D eigenvalue weighted by molar-refractivity contribution is 7.92. The molecule has 0 radical (unpaired) electrons. The smallest absolute Gasteiger partial charge is 0.254 e. The van der Waals surface area contributed by atoms with Gasteiger partial charge in [0.1, 0.15) is 0 Å². The average molecular weight is 490 g/mol. The first-order chi connectivity index (χ1) is 15.7. The zero-order chi connectivity index (χ0) is 23.4. The third kappa shape index (κ3) is 3.89. The molecule has 2 fully saturated rings. The molecule has 0 spiro atoms. The number of nitrogens with zero attached hydrogens (tertiary/aromatic N) is 1. The van der Waals surface area contributed by atoms with Gasteiger partial charge in [0.15, 0.2) is 15.6 Å². The van der Waals surface area contributed by atoms with Crippen LogP contribution < -0.4 is 0 Å². The SMILES string of the molecule is O=C1c2ccccc2S(=O)(=O)c2cc(C(=O)N(C[C@@H]3CCCO3)[C@H]3CCS(=O)(=O)C3)ccc21. The fourth-order valence-electron chi connectivity index (χ4n) is 4.81. The Labute approximate surface area is 192 Å². The van der Waals surface area contributed by atoms with E-state index >= 15 is 0 Å². The molecule has 0 aliphatic carbocycles. The molecule has 0 N–H and O–H groups in total. The van der Waals surface area contributed by atoms with E-state index in [2.05, 4.69) is 0 Å². The van der Waals surface area contributed by atoms with Gasteiger partial charge in [0.25, 0.3) is 5.91 Å². The Morgan fingerprint density at radius 3 is 2.45 bits per heavy atom. The molecule has 8 nitrogen and oxygen atoms in total. The standard InChI is InChI=1S/C23H23NO7S2/c25-22-18-5-1-2-6-20(18)33(29,30)21-12-15(7-8-19(21)22)23(26)24(13-17-4-3-10-31-17)16-9-11-32(27,28)14-16/h1-2,5-8,12,16-17H,3-4,9-11,13-14H2/t16-,17-/m0/s1. The summed E-state index contributed by atoms with van der Waals surface area (Å²) >= 11 is 0.